The molecule has 1 atom stereocenters. The average molecular weight is 348 g/mol. The summed E-state index contributed by atoms with van der Waals surface area (Å²) >= 11 is 0. The van der Waals surface area contributed by atoms with Gasteiger partial charge in [0.15, 0.2) is 6.61 Å². The van der Waals surface area contributed by atoms with Crippen molar-refractivity contribution in [2.45, 2.75) is 25.3 Å². The summed E-state index contributed by atoms with van der Waals surface area (Å²) < 4.78 is 29.4. The van der Waals surface area contributed by atoms with E-state index in [2.05, 4.69) is 4.98 Å². The molecule has 0 bridgehead atoms. The zero-order valence-corrected chi connectivity index (χ0v) is 13.4. The molecule has 25 heavy (non-hydrogen) atoms. The maximum absolute atomic E-state index is 12.8. The van der Waals surface area contributed by atoms with E-state index in [-0.39, 0.29) is 23.6 Å². The number of likely N-dealkylation sites (tertiary alicyclic amines) is 1. The Bertz CT molecular complexity index is 737. The van der Waals surface area contributed by atoms with E-state index < -0.39 is 13.0 Å². The van der Waals surface area contributed by atoms with Gasteiger partial charge in [-0.05, 0) is 36.6 Å². The molecule has 132 valence electrons. The monoisotopic (exact) mass is 348 g/mol. The van der Waals surface area contributed by atoms with Gasteiger partial charge < -0.3 is 14.7 Å². The fraction of sp³-hybridized carbons (Fsp3) is 0.333. The van der Waals surface area contributed by atoms with Crippen molar-refractivity contribution >= 4 is 5.91 Å². The molecular weight excluding hydrogens is 330 g/mol. The van der Waals surface area contributed by atoms with Crippen LogP contribution in [0.15, 0.2) is 42.6 Å². The topological polar surface area (TPSA) is 62.7 Å². The van der Waals surface area contributed by atoms with Crippen LogP contribution in [0.3, 0.4) is 0 Å². The van der Waals surface area contributed by atoms with Crippen LogP contribution in [0.1, 0.15) is 34.8 Å². The van der Waals surface area contributed by atoms with Crippen molar-refractivity contribution in [1.82, 2.24) is 9.88 Å². The van der Waals surface area contributed by atoms with Crippen LogP contribution < -0.4 is 4.74 Å². The number of hydrogen-bond donors (Lipinski definition) is 1. The summed E-state index contributed by atoms with van der Waals surface area (Å²) in [5, 5.41) is 9.42. The molecule has 1 aliphatic heterocycles. The molecule has 2 heterocycles. The van der Waals surface area contributed by atoms with Gasteiger partial charge in [-0.15, -0.1) is 0 Å². The van der Waals surface area contributed by atoms with Crippen molar-refractivity contribution in [1.29, 1.82) is 0 Å². The lowest BCUT2D eigenvalue weighted by Gasteiger charge is -2.25. The number of rotatable bonds is 5. The summed E-state index contributed by atoms with van der Waals surface area (Å²) in [5.74, 6) is -0.0130. The number of carbonyl (C=O) groups is 1. The molecule has 1 saturated heterocycles. The van der Waals surface area contributed by atoms with E-state index >= 15 is 0 Å². The molecule has 1 aliphatic rings. The Morgan fingerprint density at radius 2 is 2.08 bits per heavy atom. The van der Waals surface area contributed by atoms with Gasteiger partial charge in [0.2, 0.25) is 5.88 Å². The molecule has 0 aliphatic carbocycles. The smallest absolute Gasteiger partial charge is 0.272 e. The molecule has 0 radical (unpaired) electrons. The van der Waals surface area contributed by atoms with Gasteiger partial charge in [0.1, 0.15) is 5.75 Å². The molecule has 7 heteroatoms. The molecule has 1 aromatic carbocycles. The number of alkyl halides is 2. The first-order valence-corrected chi connectivity index (χ1v) is 8.01. The number of nitrogens with zero attached hydrogens (tertiary/aromatic N) is 2. The summed E-state index contributed by atoms with van der Waals surface area (Å²) in [4.78, 5) is 18.4. The van der Waals surface area contributed by atoms with Crippen molar-refractivity contribution in [3.05, 3.63) is 53.7 Å². The summed E-state index contributed by atoms with van der Waals surface area (Å²) in [7, 11) is 0. The lowest BCUT2D eigenvalue weighted by molar-refractivity contribution is 0.0731. The number of amides is 1. The molecule has 0 spiro atoms. The lowest BCUT2D eigenvalue weighted by atomic mass is 10.0. The maximum Gasteiger partial charge on any atom is 0.272 e. The third kappa shape index (κ3) is 4.04. The summed E-state index contributed by atoms with van der Waals surface area (Å²) in [5.41, 5.74) is 1.30. The lowest BCUT2D eigenvalue weighted by Crippen LogP contribution is -2.30. The van der Waals surface area contributed by atoms with Crippen molar-refractivity contribution in [3.63, 3.8) is 0 Å². The van der Waals surface area contributed by atoms with E-state index in [4.69, 9.17) is 4.74 Å². The molecule has 5 nitrogen and oxygen atoms in total. The maximum atomic E-state index is 12.8. The van der Waals surface area contributed by atoms with Crippen LogP contribution in [0.5, 0.6) is 11.6 Å². The van der Waals surface area contributed by atoms with E-state index in [1.807, 2.05) is 0 Å². The van der Waals surface area contributed by atoms with Crippen molar-refractivity contribution in [2.24, 2.45) is 0 Å². The van der Waals surface area contributed by atoms with Crippen LogP contribution in [0, 0.1) is 0 Å². The molecule has 1 amide bonds. The van der Waals surface area contributed by atoms with Crippen LogP contribution in [0.2, 0.25) is 0 Å². The highest BCUT2D eigenvalue weighted by Gasteiger charge is 2.30. The largest absolute Gasteiger partial charge is 0.508 e. The predicted octanol–water partition coefficient (Wildman–Crippen LogP) is 3.41. The van der Waals surface area contributed by atoms with Gasteiger partial charge in [0.25, 0.3) is 12.3 Å². The summed E-state index contributed by atoms with van der Waals surface area (Å²) in [6, 6.07) is 9.65. The Morgan fingerprint density at radius 1 is 1.32 bits per heavy atom. The van der Waals surface area contributed by atoms with Gasteiger partial charge in [-0.1, -0.05) is 12.1 Å². The number of aromatic nitrogens is 1. The minimum absolute atomic E-state index is 0.00605. The van der Waals surface area contributed by atoms with Crippen LogP contribution in [0.4, 0.5) is 8.78 Å². The molecule has 1 unspecified atom stereocenters. The quantitative estimate of drug-likeness (QED) is 0.899. The predicted molar refractivity (Wildman–Crippen MR) is 86.9 cm³/mol. The van der Waals surface area contributed by atoms with E-state index in [0.29, 0.717) is 12.1 Å². The van der Waals surface area contributed by atoms with E-state index in [9.17, 15) is 18.7 Å². The van der Waals surface area contributed by atoms with Crippen molar-refractivity contribution < 1.29 is 23.4 Å². The fourth-order valence-electron chi connectivity index (χ4n) is 2.99. The highest BCUT2D eigenvalue weighted by atomic mass is 19.3. The molecular formula is C18H18F2N2O3. The van der Waals surface area contributed by atoms with Gasteiger partial charge in [-0.25, -0.2) is 13.8 Å². The Labute approximate surface area is 143 Å². The number of pyridine rings is 1. The minimum atomic E-state index is -2.60. The number of phenols is 1. The zero-order chi connectivity index (χ0) is 17.8. The van der Waals surface area contributed by atoms with E-state index in [1.165, 1.54) is 12.3 Å². The first kappa shape index (κ1) is 17.1. The second kappa shape index (κ2) is 7.46. The SMILES string of the molecule is O=C(c1ccnc(OCC(F)F)c1)N1CCCC1c1ccc(O)cc1. The minimum Gasteiger partial charge on any atom is -0.508 e. The number of ether oxygens (including phenoxy) is 1. The number of phenolic OH excluding ortho intramolecular Hbond substituents is 1. The molecule has 0 saturated carbocycles. The second-order valence-electron chi connectivity index (χ2n) is 5.83. The third-order valence-corrected chi connectivity index (χ3v) is 4.13. The van der Waals surface area contributed by atoms with Gasteiger partial charge in [0, 0.05) is 24.4 Å². The number of carbonyl (C=O) groups excluding carboxylic acids is 1. The summed E-state index contributed by atoms with van der Waals surface area (Å²) in [6.07, 6.45) is 0.478. The van der Waals surface area contributed by atoms with Crippen molar-refractivity contribution in [2.75, 3.05) is 13.2 Å². The first-order chi connectivity index (χ1) is 12.0. The Balaban J connectivity index is 1.77. The normalized spacial score (nSPS) is 17.1. The standard InChI is InChI=1S/C18H18F2N2O3/c19-16(20)11-25-17-10-13(7-8-21-17)18(24)22-9-1-2-15(22)12-3-5-14(23)6-4-12/h3-8,10,15-16,23H,1-2,9,11H2. The number of benzene rings is 1. The van der Waals surface area contributed by atoms with Crippen LogP contribution in [-0.2, 0) is 0 Å². The van der Waals surface area contributed by atoms with Gasteiger partial charge in [-0.3, -0.25) is 4.79 Å². The Hall–Kier alpha value is -2.70. The fourth-order valence-corrected chi connectivity index (χ4v) is 2.99. The second-order valence-corrected chi connectivity index (χ2v) is 5.83. The highest BCUT2D eigenvalue weighted by molar-refractivity contribution is 5.94. The number of hydrogen-bond acceptors (Lipinski definition) is 4. The van der Waals surface area contributed by atoms with Crippen molar-refractivity contribution in [3.8, 4) is 11.6 Å². The molecule has 1 N–H and O–H groups in total. The Kier molecular flexibility index (Phi) is 5.11. The zero-order valence-electron chi connectivity index (χ0n) is 13.4. The summed E-state index contributed by atoms with van der Waals surface area (Å²) in [6.45, 7) is -0.148. The van der Waals surface area contributed by atoms with E-state index in [0.717, 1.165) is 18.4 Å². The molecule has 2 aromatic rings. The highest BCUT2D eigenvalue weighted by Crippen LogP contribution is 2.34. The molecule has 3 rings (SSSR count). The van der Waals surface area contributed by atoms with Gasteiger partial charge in [-0.2, -0.15) is 0 Å². The molecule has 1 fully saturated rings. The first-order valence-electron chi connectivity index (χ1n) is 8.01. The van der Waals surface area contributed by atoms with E-state index in [1.54, 1.807) is 35.2 Å². The number of halogens is 2. The van der Waals surface area contributed by atoms with Crippen LogP contribution in [0.25, 0.3) is 0 Å². The van der Waals surface area contributed by atoms with Crippen LogP contribution in [-0.4, -0.2) is 40.5 Å². The third-order valence-electron chi connectivity index (χ3n) is 4.13. The molecule has 1 aromatic heterocycles. The van der Waals surface area contributed by atoms with Crippen LogP contribution >= 0.6 is 0 Å². The van der Waals surface area contributed by atoms with Gasteiger partial charge in [0.05, 0.1) is 6.04 Å². The number of aromatic hydroxyl groups is 1. The van der Waals surface area contributed by atoms with Gasteiger partial charge >= 0.3 is 0 Å². The average Bonchev–Trinajstić information content (AvgIpc) is 3.10. The Morgan fingerprint density at radius 3 is 2.80 bits per heavy atom.